The number of H-pyrrole nitrogens is 2. The van der Waals surface area contributed by atoms with Gasteiger partial charge in [0.2, 0.25) is 0 Å². The molecule has 0 spiro atoms. The number of imide groups is 1. The highest BCUT2D eigenvalue weighted by Crippen LogP contribution is 2.38. The largest absolute Gasteiger partial charge is 0.491 e. The van der Waals surface area contributed by atoms with Gasteiger partial charge in [0, 0.05) is 23.7 Å². The molecule has 2 aromatic carbocycles. The number of ether oxygens (including phenoxy) is 1. The van der Waals surface area contributed by atoms with Gasteiger partial charge in [-0.2, -0.15) is 13.2 Å². The quantitative estimate of drug-likeness (QED) is 0.157. The predicted octanol–water partition coefficient (Wildman–Crippen LogP) is 4.07. The van der Waals surface area contributed by atoms with Gasteiger partial charge in [-0.1, -0.05) is 6.07 Å². The average molecular weight is 643 g/mol. The third-order valence-corrected chi connectivity index (χ3v) is 8.50. The number of aromatic amines is 2. The number of piperidine rings is 1. The summed E-state index contributed by atoms with van der Waals surface area (Å²) in [5.74, 6) is -0.335. The number of thioether (sulfide) groups is 1. The third kappa shape index (κ3) is 6.55. The van der Waals surface area contributed by atoms with E-state index in [0.29, 0.717) is 29.6 Å². The Balaban J connectivity index is 1.16. The number of carbonyl (C=O) groups excluding carboxylic acids is 2. The summed E-state index contributed by atoms with van der Waals surface area (Å²) in [6.45, 7) is 1.32. The van der Waals surface area contributed by atoms with Crippen molar-refractivity contribution >= 4 is 40.3 Å². The second-order valence-electron chi connectivity index (χ2n) is 11.0. The fourth-order valence-corrected chi connectivity index (χ4v) is 6.16. The lowest BCUT2D eigenvalue weighted by Gasteiger charge is -2.33. The Morgan fingerprint density at radius 1 is 1.11 bits per heavy atom. The Morgan fingerprint density at radius 2 is 1.84 bits per heavy atom. The van der Waals surface area contributed by atoms with E-state index in [1.165, 1.54) is 35.4 Å². The fourth-order valence-electron chi connectivity index (χ4n) is 5.57. The average Bonchev–Trinajstić information content (AvgIpc) is 3.51. The molecular formula is C30H29F3N6O5S. The number of rotatable bonds is 9. The molecule has 236 valence electrons. The van der Waals surface area contributed by atoms with E-state index < -0.39 is 17.2 Å². The van der Waals surface area contributed by atoms with Crippen LogP contribution in [0.4, 0.5) is 18.9 Å². The molecule has 4 heterocycles. The number of aliphatic hydroxyl groups excluding tert-OH is 1. The standard InChI is InChI=1S/C30H29F3N6O5S/c1-38-9-6-16(7-10-38)39-28(42)20-12-23-24(13-21(20)29(39)43)37-26(36-23)25-22(5-8-34-27(25)41)35-14-17(40)15-44-18-3-2-4-19(11-18)45-30(31,32)33/h2-5,8,11-13,16-17,40H,6-7,9-10,14-15H2,1H3,(H,36,37)(H2,34,35,41). The normalized spacial score (nSPS) is 16.8. The zero-order chi connectivity index (χ0) is 31.9. The molecular weight excluding hydrogens is 613 g/mol. The zero-order valence-electron chi connectivity index (χ0n) is 24.0. The van der Waals surface area contributed by atoms with Crippen LogP contribution in [-0.4, -0.2) is 92.6 Å². The first-order chi connectivity index (χ1) is 21.5. The van der Waals surface area contributed by atoms with E-state index >= 15 is 0 Å². The van der Waals surface area contributed by atoms with Crippen LogP contribution < -0.4 is 15.6 Å². The molecule has 2 aliphatic heterocycles. The number of carbonyl (C=O) groups is 2. The number of likely N-dealkylation sites (tertiary alicyclic amines) is 1. The highest BCUT2D eigenvalue weighted by atomic mass is 32.2. The van der Waals surface area contributed by atoms with Gasteiger partial charge >= 0.3 is 5.51 Å². The van der Waals surface area contributed by atoms with Crippen LogP contribution in [0.2, 0.25) is 0 Å². The molecule has 4 aromatic rings. The lowest BCUT2D eigenvalue weighted by molar-refractivity contribution is -0.0328. The molecule has 1 saturated heterocycles. The summed E-state index contributed by atoms with van der Waals surface area (Å²) in [6.07, 6.45) is 1.76. The van der Waals surface area contributed by atoms with Crippen molar-refractivity contribution < 1.29 is 32.6 Å². The number of nitrogens with zero attached hydrogens (tertiary/aromatic N) is 3. The molecule has 45 heavy (non-hydrogen) atoms. The molecule has 1 fully saturated rings. The van der Waals surface area contributed by atoms with Crippen LogP contribution in [0.25, 0.3) is 22.4 Å². The zero-order valence-corrected chi connectivity index (χ0v) is 24.8. The van der Waals surface area contributed by atoms with Crippen LogP contribution in [0.1, 0.15) is 33.6 Å². The lowest BCUT2D eigenvalue weighted by Crippen LogP contribution is -2.46. The second-order valence-corrected chi connectivity index (χ2v) is 12.1. The van der Waals surface area contributed by atoms with Crippen LogP contribution in [0.3, 0.4) is 0 Å². The SMILES string of the molecule is CN1CCC(N2C(=O)c3cc4nc(-c5c(NCC(O)COc6cccc(SC(F)(F)F)c6)cc[nH]c5=O)[nH]c4cc3C2=O)CC1. The van der Waals surface area contributed by atoms with Crippen molar-refractivity contribution in [3.05, 3.63) is 70.1 Å². The molecule has 2 amide bonds. The molecule has 0 saturated carbocycles. The Morgan fingerprint density at radius 3 is 2.58 bits per heavy atom. The highest BCUT2D eigenvalue weighted by Gasteiger charge is 2.41. The minimum absolute atomic E-state index is 0.0415. The molecule has 0 radical (unpaired) electrons. The smallest absolute Gasteiger partial charge is 0.446 e. The summed E-state index contributed by atoms with van der Waals surface area (Å²) in [7, 11) is 2.01. The number of anilines is 1. The van der Waals surface area contributed by atoms with E-state index in [1.807, 2.05) is 7.05 Å². The van der Waals surface area contributed by atoms with Gasteiger partial charge < -0.3 is 30.0 Å². The van der Waals surface area contributed by atoms with Crippen molar-refractivity contribution in [2.75, 3.05) is 38.6 Å². The van der Waals surface area contributed by atoms with E-state index in [4.69, 9.17) is 4.74 Å². The van der Waals surface area contributed by atoms with Gasteiger partial charge in [-0.25, -0.2) is 4.98 Å². The molecule has 2 aromatic heterocycles. The Bertz CT molecular complexity index is 1760. The summed E-state index contributed by atoms with van der Waals surface area (Å²) < 4.78 is 43.5. The Hall–Kier alpha value is -4.34. The molecule has 1 atom stereocenters. The second kappa shape index (κ2) is 12.2. The molecule has 0 aliphatic carbocycles. The molecule has 1 unspecified atom stereocenters. The fraction of sp³-hybridized carbons (Fsp3) is 0.333. The van der Waals surface area contributed by atoms with Gasteiger partial charge in [-0.05, 0) is 81.1 Å². The molecule has 15 heteroatoms. The minimum atomic E-state index is -4.43. The Kier molecular flexibility index (Phi) is 8.33. The number of aliphatic hydroxyl groups is 1. The summed E-state index contributed by atoms with van der Waals surface area (Å²) in [4.78, 5) is 53.2. The van der Waals surface area contributed by atoms with Crippen LogP contribution in [-0.2, 0) is 0 Å². The molecule has 2 aliphatic rings. The maximum atomic E-state index is 13.3. The van der Waals surface area contributed by atoms with Gasteiger partial charge in [-0.3, -0.25) is 19.3 Å². The van der Waals surface area contributed by atoms with Gasteiger partial charge in [-0.15, -0.1) is 0 Å². The van der Waals surface area contributed by atoms with Crippen molar-refractivity contribution in [2.24, 2.45) is 0 Å². The molecule has 4 N–H and O–H groups in total. The van der Waals surface area contributed by atoms with Crippen LogP contribution in [0, 0.1) is 0 Å². The summed E-state index contributed by atoms with van der Waals surface area (Å²) >= 11 is -0.262. The van der Waals surface area contributed by atoms with Crippen LogP contribution in [0.5, 0.6) is 5.75 Å². The van der Waals surface area contributed by atoms with E-state index in [2.05, 4.69) is 25.2 Å². The first-order valence-electron chi connectivity index (χ1n) is 14.2. The summed E-state index contributed by atoms with van der Waals surface area (Å²) in [6, 6.07) is 10.0. The summed E-state index contributed by atoms with van der Waals surface area (Å²) in [5.41, 5.74) is -2.99. The van der Waals surface area contributed by atoms with Crippen molar-refractivity contribution in [1.29, 1.82) is 0 Å². The van der Waals surface area contributed by atoms with Gasteiger partial charge in [0.1, 0.15) is 29.8 Å². The third-order valence-electron chi connectivity index (χ3n) is 7.78. The van der Waals surface area contributed by atoms with Crippen molar-refractivity contribution in [3.63, 3.8) is 0 Å². The molecule has 6 rings (SSSR count). The van der Waals surface area contributed by atoms with Gasteiger partial charge in [0.15, 0.2) is 0 Å². The maximum Gasteiger partial charge on any atom is 0.446 e. The van der Waals surface area contributed by atoms with Gasteiger partial charge in [0.05, 0.1) is 27.8 Å². The number of nitrogens with one attached hydrogen (secondary N) is 3. The van der Waals surface area contributed by atoms with Crippen molar-refractivity contribution in [3.8, 4) is 17.1 Å². The number of hydrogen-bond donors (Lipinski definition) is 4. The van der Waals surface area contributed by atoms with E-state index in [-0.39, 0.29) is 75.9 Å². The van der Waals surface area contributed by atoms with Gasteiger partial charge in [0.25, 0.3) is 17.4 Å². The van der Waals surface area contributed by atoms with Crippen LogP contribution >= 0.6 is 11.8 Å². The predicted molar refractivity (Wildman–Crippen MR) is 162 cm³/mol. The first kappa shape index (κ1) is 30.7. The van der Waals surface area contributed by atoms with E-state index in [0.717, 1.165) is 13.1 Å². The van der Waals surface area contributed by atoms with E-state index in [9.17, 15) is 32.7 Å². The molecule has 11 nitrogen and oxygen atoms in total. The number of imidazole rings is 1. The monoisotopic (exact) mass is 642 g/mol. The summed E-state index contributed by atoms with van der Waals surface area (Å²) in [5, 5.41) is 13.5. The molecule has 0 bridgehead atoms. The first-order valence-corrected chi connectivity index (χ1v) is 15.0. The maximum absolute atomic E-state index is 13.3. The van der Waals surface area contributed by atoms with E-state index in [1.54, 1.807) is 18.2 Å². The minimum Gasteiger partial charge on any atom is -0.491 e. The number of aromatic nitrogens is 3. The topological polar surface area (TPSA) is 144 Å². The number of halogens is 3. The number of alkyl halides is 3. The number of pyridine rings is 1. The van der Waals surface area contributed by atoms with Crippen molar-refractivity contribution in [1.82, 2.24) is 24.8 Å². The van der Waals surface area contributed by atoms with Crippen molar-refractivity contribution in [2.45, 2.75) is 35.4 Å². The number of fused-ring (bicyclic) bond motifs is 2. The lowest BCUT2D eigenvalue weighted by atomic mass is 10.0. The number of benzene rings is 2. The van der Waals surface area contributed by atoms with Crippen LogP contribution in [0.15, 0.2) is 58.4 Å². The highest BCUT2D eigenvalue weighted by molar-refractivity contribution is 8.00. The number of amides is 2. The Labute approximate surface area is 258 Å². The number of hydrogen-bond acceptors (Lipinski definition) is 9.